The van der Waals surface area contributed by atoms with Gasteiger partial charge in [0.1, 0.15) is 18.1 Å². The predicted octanol–water partition coefficient (Wildman–Crippen LogP) is 4.05. The van der Waals surface area contributed by atoms with E-state index in [-0.39, 0.29) is 17.8 Å². The predicted molar refractivity (Wildman–Crippen MR) is 108 cm³/mol. The first-order valence-electron chi connectivity index (χ1n) is 9.70. The van der Waals surface area contributed by atoms with Crippen LogP contribution in [-0.2, 0) is 16.0 Å². The van der Waals surface area contributed by atoms with Crippen LogP contribution in [0.1, 0.15) is 37.8 Å². The van der Waals surface area contributed by atoms with Crippen molar-refractivity contribution >= 4 is 17.9 Å². The van der Waals surface area contributed by atoms with Gasteiger partial charge in [-0.2, -0.15) is 0 Å². The maximum absolute atomic E-state index is 12.9. The maximum Gasteiger partial charge on any atom is 0.252 e. The Morgan fingerprint density at radius 3 is 2.82 bits per heavy atom. The number of benzene rings is 1. The molecule has 0 radical (unpaired) electrons. The topological polar surface area (TPSA) is 57.5 Å². The largest absolute Gasteiger partial charge is 0.488 e. The summed E-state index contributed by atoms with van der Waals surface area (Å²) in [5.41, 5.74) is 2.62. The highest BCUT2D eigenvalue weighted by Crippen LogP contribution is 2.43. The first kappa shape index (κ1) is 19.2. The third-order valence-electron chi connectivity index (χ3n) is 6.00. The molecule has 5 nitrogen and oxygen atoms in total. The van der Waals surface area contributed by atoms with Gasteiger partial charge in [-0.3, -0.25) is 4.79 Å². The molecule has 0 N–H and O–H groups in total. The average Bonchev–Trinajstić information content (AvgIpc) is 2.68. The van der Waals surface area contributed by atoms with E-state index in [2.05, 4.69) is 0 Å². The van der Waals surface area contributed by atoms with E-state index in [9.17, 15) is 9.59 Å². The van der Waals surface area contributed by atoms with Gasteiger partial charge in [-0.15, -0.1) is 0 Å². The molecule has 1 aromatic heterocycles. The minimum absolute atomic E-state index is 0.138. The van der Waals surface area contributed by atoms with Gasteiger partial charge in [0, 0.05) is 36.1 Å². The van der Waals surface area contributed by atoms with Crippen LogP contribution in [-0.4, -0.2) is 30.2 Å². The minimum Gasteiger partial charge on any atom is -0.488 e. The van der Waals surface area contributed by atoms with Crippen molar-refractivity contribution in [1.29, 1.82) is 0 Å². The number of fused-ring (bicyclic) bond motifs is 4. The average molecular weight is 402 g/mol. The molecule has 0 spiro atoms. The summed E-state index contributed by atoms with van der Waals surface area (Å²) in [5.74, 6) is 1.10. The van der Waals surface area contributed by atoms with Crippen LogP contribution in [0.2, 0.25) is 5.02 Å². The van der Waals surface area contributed by atoms with Crippen molar-refractivity contribution in [1.82, 2.24) is 4.57 Å². The molecule has 2 aliphatic rings. The molecule has 6 heteroatoms. The molecular formula is C22H24ClNO4. The highest BCUT2D eigenvalue weighted by molar-refractivity contribution is 6.30. The molecule has 2 heterocycles. The summed E-state index contributed by atoms with van der Waals surface area (Å²) in [6.07, 6.45) is 5.96. The van der Waals surface area contributed by atoms with Crippen LogP contribution in [0.25, 0.3) is 11.1 Å². The molecule has 4 rings (SSSR count). The van der Waals surface area contributed by atoms with Crippen molar-refractivity contribution in [2.75, 3.05) is 7.11 Å². The Kier molecular flexibility index (Phi) is 5.30. The zero-order chi connectivity index (χ0) is 19.8. The van der Waals surface area contributed by atoms with Gasteiger partial charge in [0.2, 0.25) is 0 Å². The smallest absolute Gasteiger partial charge is 0.252 e. The van der Waals surface area contributed by atoms with Gasteiger partial charge in [0.05, 0.1) is 18.3 Å². The number of carbonyl (C=O) groups excluding carboxylic acids is 1. The third kappa shape index (κ3) is 3.49. The second-order valence-electron chi connectivity index (χ2n) is 7.78. The van der Waals surface area contributed by atoms with Crippen LogP contribution >= 0.6 is 11.6 Å². The monoisotopic (exact) mass is 401 g/mol. The lowest BCUT2D eigenvalue weighted by Gasteiger charge is -2.39. The number of pyridine rings is 1. The van der Waals surface area contributed by atoms with Gasteiger partial charge in [-0.05, 0) is 49.4 Å². The summed E-state index contributed by atoms with van der Waals surface area (Å²) in [6.45, 7) is 1.88. The number of aldehydes is 1. The molecule has 0 bridgehead atoms. The SMILES string of the molecule is COC(C)CC(C=O)n1cc2c(cc1=O)-c1cc(Cl)ccc1CC1CCC1O2. The Morgan fingerprint density at radius 2 is 2.14 bits per heavy atom. The summed E-state index contributed by atoms with van der Waals surface area (Å²) in [6, 6.07) is 6.80. The second-order valence-corrected chi connectivity index (χ2v) is 8.22. The van der Waals surface area contributed by atoms with Gasteiger partial charge in [0.15, 0.2) is 0 Å². The fourth-order valence-electron chi connectivity index (χ4n) is 4.11. The standard InChI is InChI=1S/C22H24ClNO4/c1-13(27-2)7-17(12-25)24-11-21-19(10-22(24)26)18-9-16(23)5-3-14(18)8-15-4-6-20(15)28-21/h3,5,9-13,15,17,20H,4,6-8H2,1-2H3. The number of carbonyl (C=O) groups is 1. The Morgan fingerprint density at radius 1 is 1.32 bits per heavy atom. The number of nitrogens with zero attached hydrogens (tertiary/aromatic N) is 1. The van der Waals surface area contributed by atoms with E-state index in [4.69, 9.17) is 21.1 Å². The summed E-state index contributed by atoms with van der Waals surface area (Å²) < 4.78 is 13.0. The lowest BCUT2D eigenvalue weighted by molar-refractivity contribution is -0.111. The minimum atomic E-state index is -0.599. The zero-order valence-electron chi connectivity index (χ0n) is 16.1. The Balaban J connectivity index is 1.84. The van der Waals surface area contributed by atoms with Gasteiger partial charge in [0.25, 0.3) is 5.56 Å². The summed E-state index contributed by atoms with van der Waals surface area (Å²) >= 11 is 6.25. The quantitative estimate of drug-likeness (QED) is 0.709. The van der Waals surface area contributed by atoms with E-state index in [1.165, 1.54) is 10.1 Å². The molecule has 1 aliphatic carbocycles. The highest BCUT2D eigenvalue weighted by atomic mass is 35.5. The molecule has 1 saturated carbocycles. The fraction of sp³-hybridized carbons (Fsp3) is 0.455. The van der Waals surface area contributed by atoms with Crippen molar-refractivity contribution in [3.63, 3.8) is 0 Å². The number of hydrogen-bond acceptors (Lipinski definition) is 4. The number of methoxy groups -OCH3 is 1. The van der Waals surface area contributed by atoms with Gasteiger partial charge >= 0.3 is 0 Å². The molecule has 0 amide bonds. The zero-order valence-corrected chi connectivity index (χ0v) is 16.8. The van der Waals surface area contributed by atoms with E-state index < -0.39 is 6.04 Å². The fourth-order valence-corrected chi connectivity index (χ4v) is 4.29. The summed E-state index contributed by atoms with van der Waals surface area (Å²) in [5, 5.41) is 0.624. The van der Waals surface area contributed by atoms with Crippen LogP contribution < -0.4 is 10.3 Å². The molecular weight excluding hydrogens is 378 g/mol. The van der Waals surface area contributed by atoms with E-state index >= 15 is 0 Å². The first-order chi connectivity index (χ1) is 13.5. The van der Waals surface area contributed by atoms with Crippen LogP contribution in [0.5, 0.6) is 5.75 Å². The molecule has 4 unspecified atom stereocenters. The number of rotatable bonds is 5. The molecule has 1 aliphatic heterocycles. The van der Waals surface area contributed by atoms with Crippen molar-refractivity contribution < 1.29 is 14.3 Å². The van der Waals surface area contributed by atoms with Crippen molar-refractivity contribution in [3.05, 3.63) is 51.4 Å². The van der Waals surface area contributed by atoms with E-state index in [1.807, 2.05) is 25.1 Å². The lowest BCUT2D eigenvalue weighted by atomic mass is 9.76. The Labute approximate surface area is 169 Å². The molecule has 1 fully saturated rings. The summed E-state index contributed by atoms with van der Waals surface area (Å²) in [7, 11) is 1.59. The van der Waals surface area contributed by atoms with E-state index in [1.54, 1.807) is 19.4 Å². The summed E-state index contributed by atoms with van der Waals surface area (Å²) in [4.78, 5) is 24.6. The highest BCUT2D eigenvalue weighted by Gasteiger charge is 2.36. The molecule has 2 aromatic rings. The molecule has 4 atom stereocenters. The van der Waals surface area contributed by atoms with Gasteiger partial charge in [-0.1, -0.05) is 17.7 Å². The van der Waals surface area contributed by atoms with Crippen LogP contribution in [0, 0.1) is 5.92 Å². The second kappa shape index (κ2) is 7.72. The van der Waals surface area contributed by atoms with Crippen LogP contribution in [0.15, 0.2) is 35.3 Å². The lowest BCUT2D eigenvalue weighted by Crippen LogP contribution is -2.39. The van der Waals surface area contributed by atoms with Gasteiger partial charge < -0.3 is 18.8 Å². The van der Waals surface area contributed by atoms with Crippen LogP contribution in [0.4, 0.5) is 0 Å². The Hall–Kier alpha value is -2.11. The molecule has 0 saturated heterocycles. The van der Waals surface area contributed by atoms with Crippen molar-refractivity contribution in [3.8, 4) is 16.9 Å². The Bertz CT molecular complexity index is 954. The molecule has 1 aromatic carbocycles. The van der Waals surface area contributed by atoms with E-state index in [0.717, 1.165) is 36.7 Å². The normalized spacial score (nSPS) is 22.2. The molecule has 28 heavy (non-hydrogen) atoms. The van der Waals surface area contributed by atoms with Gasteiger partial charge in [-0.25, -0.2) is 0 Å². The third-order valence-corrected chi connectivity index (χ3v) is 6.24. The number of halogens is 1. The number of ether oxygens (including phenoxy) is 2. The number of hydrogen-bond donors (Lipinski definition) is 0. The molecule has 148 valence electrons. The van der Waals surface area contributed by atoms with Crippen LogP contribution in [0.3, 0.4) is 0 Å². The number of aromatic nitrogens is 1. The maximum atomic E-state index is 12.9. The van der Waals surface area contributed by atoms with Crippen molar-refractivity contribution in [2.45, 2.75) is 50.9 Å². The first-order valence-corrected chi connectivity index (χ1v) is 10.1. The van der Waals surface area contributed by atoms with E-state index in [0.29, 0.717) is 23.1 Å². The van der Waals surface area contributed by atoms with Crippen molar-refractivity contribution in [2.24, 2.45) is 5.92 Å².